The van der Waals surface area contributed by atoms with Crippen molar-refractivity contribution in [3.63, 3.8) is 0 Å². The lowest BCUT2D eigenvalue weighted by Crippen LogP contribution is -2.45. The third kappa shape index (κ3) is 3.57. The number of hydrogen-bond acceptors (Lipinski definition) is 3. The molecule has 0 aliphatic carbocycles. The minimum atomic E-state index is -0.784. The van der Waals surface area contributed by atoms with Gasteiger partial charge in [0.25, 0.3) is 0 Å². The van der Waals surface area contributed by atoms with E-state index >= 15 is 0 Å². The molecule has 5 heteroatoms. The van der Waals surface area contributed by atoms with Gasteiger partial charge in [-0.3, -0.25) is 9.48 Å². The van der Waals surface area contributed by atoms with Crippen LogP contribution < -0.4 is 5.73 Å². The Morgan fingerprint density at radius 3 is 2.53 bits per heavy atom. The first-order valence-electron chi connectivity index (χ1n) is 6.93. The molecule has 0 saturated heterocycles. The molecule has 19 heavy (non-hydrogen) atoms. The second-order valence-corrected chi connectivity index (χ2v) is 5.52. The summed E-state index contributed by atoms with van der Waals surface area (Å²) in [7, 11) is 0. The highest BCUT2D eigenvalue weighted by Gasteiger charge is 2.29. The smallest absolute Gasteiger partial charge is 0.158 e. The zero-order valence-corrected chi connectivity index (χ0v) is 13.0. The molecule has 0 bridgehead atoms. The van der Waals surface area contributed by atoms with E-state index in [1.54, 1.807) is 11.6 Å². The molecule has 0 saturated carbocycles. The standard InChI is InChI=1S/C14H24ClN3O/c1-5-8-14(4,16)12(19)9-11-13(15)10(6-2)17-18(11)7-3/h5-9,16H2,1-4H3. The van der Waals surface area contributed by atoms with Gasteiger partial charge in [0.2, 0.25) is 0 Å². The largest absolute Gasteiger partial charge is 0.319 e. The van der Waals surface area contributed by atoms with Gasteiger partial charge in [0, 0.05) is 6.54 Å². The van der Waals surface area contributed by atoms with Crippen molar-refractivity contribution in [3.05, 3.63) is 16.4 Å². The van der Waals surface area contributed by atoms with E-state index in [4.69, 9.17) is 17.3 Å². The number of ketones is 1. The topological polar surface area (TPSA) is 60.9 Å². The summed E-state index contributed by atoms with van der Waals surface area (Å²) in [6.07, 6.45) is 2.60. The molecular weight excluding hydrogens is 262 g/mol. The number of Topliss-reactive ketones (excluding diaryl/α,β-unsaturated/α-hetero) is 1. The molecule has 0 aliphatic rings. The molecule has 1 heterocycles. The molecule has 4 nitrogen and oxygen atoms in total. The second-order valence-electron chi connectivity index (χ2n) is 5.14. The zero-order chi connectivity index (χ0) is 14.6. The highest BCUT2D eigenvalue weighted by Crippen LogP contribution is 2.24. The van der Waals surface area contributed by atoms with Crippen molar-refractivity contribution in [3.8, 4) is 0 Å². The minimum Gasteiger partial charge on any atom is -0.319 e. The van der Waals surface area contributed by atoms with Crippen molar-refractivity contribution in [2.75, 3.05) is 0 Å². The van der Waals surface area contributed by atoms with Crippen molar-refractivity contribution in [2.24, 2.45) is 5.73 Å². The van der Waals surface area contributed by atoms with Gasteiger partial charge < -0.3 is 5.73 Å². The third-order valence-corrected chi connectivity index (χ3v) is 3.86. The van der Waals surface area contributed by atoms with Crippen molar-refractivity contribution in [2.45, 2.75) is 65.5 Å². The van der Waals surface area contributed by atoms with Gasteiger partial charge in [-0.15, -0.1) is 0 Å². The van der Waals surface area contributed by atoms with Crippen LogP contribution >= 0.6 is 11.6 Å². The quantitative estimate of drug-likeness (QED) is 0.838. The number of aromatic nitrogens is 2. The molecule has 0 radical (unpaired) electrons. The van der Waals surface area contributed by atoms with E-state index < -0.39 is 5.54 Å². The molecule has 2 N–H and O–H groups in total. The van der Waals surface area contributed by atoms with Crippen molar-refractivity contribution >= 4 is 17.4 Å². The molecule has 0 spiro atoms. The lowest BCUT2D eigenvalue weighted by molar-refractivity contribution is -0.123. The van der Waals surface area contributed by atoms with Gasteiger partial charge >= 0.3 is 0 Å². The summed E-state index contributed by atoms with van der Waals surface area (Å²) in [4.78, 5) is 12.3. The van der Waals surface area contributed by atoms with Crippen LogP contribution in [0.25, 0.3) is 0 Å². The van der Waals surface area contributed by atoms with Gasteiger partial charge in [-0.2, -0.15) is 5.10 Å². The number of carbonyl (C=O) groups is 1. The Morgan fingerprint density at radius 1 is 1.42 bits per heavy atom. The molecule has 0 aromatic carbocycles. The van der Waals surface area contributed by atoms with E-state index in [1.807, 2.05) is 20.8 Å². The van der Waals surface area contributed by atoms with Crippen molar-refractivity contribution in [1.29, 1.82) is 0 Å². The summed E-state index contributed by atoms with van der Waals surface area (Å²) in [5, 5.41) is 5.04. The lowest BCUT2D eigenvalue weighted by Gasteiger charge is -2.22. The molecule has 1 atom stereocenters. The zero-order valence-electron chi connectivity index (χ0n) is 12.3. The second kappa shape index (κ2) is 6.53. The first kappa shape index (κ1) is 16.2. The molecule has 1 rings (SSSR count). The fraction of sp³-hybridized carbons (Fsp3) is 0.714. The van der Waals surface area contributed by atoms with E-state index in [9.17, 15) is 4.79 Å². The highest BCUT2D eigenvalue weighted by molar-refractivity contribution is 6.32. The Hall–Kier alpha value is -0.870. The van der Waals surface area contributed by atoms with E-state index in [2.05, 4.69) is 5.10 Å². The van der Waals surface area contributed by atoms with Crippen LogP contribution in [-0.2, 0) is 24.2 Å². The van der Waals surface area contributed by atoms with Crippen LogP contribution in [0.3, 0.4) is 0 Å². The Balaban J connectivity index is 2.99. The summed E-state index contributed by atoms with van der Waals surface area (Å²) < 4.78 is 1.81. The maximum Gasteiger partial charge on any atom is 0.158 e. The van der Waals surface area contributed by atoms with Gasteiger partial charge in [-0.25, -0.2) is 0 Å². The molecule has 108 valence electrons. The maximum atomic E-state index is 12.3. The molecule has 0 aliphatic heterocycles. The predicted molar refractivity (Wildman–Crippen MR) is 78.5 cm³/mol. The fourth-order valence-corrected chi connectivity index (χ4v) is 2.53. The minimum absolute atomic E-state index is 0.0218. The number of rotatable bonds is 7. The lowest BCUT2D eigenvalue weighted by atomic mass is 9.89. The van der Waals surface area contributed by atoms with E-state index in [-0.39, 0.29) is 12.2 Å². The molecule has 1 aromatic rings. The Bertz CT molecular complexity index is 452. The number of halogens is 1. The Morgan fingerprint density at radius 2 is 2.05 bits per heavy atom. The van der Waals surface area contributed by atoms with Crippen LogP contribution in [0.15, 0.2) is 0 Å². The van der Waals surface area contributed by atoms with Gasteiger partial charge in [0.15, 0.2) is 5.78 Å². The highest BCUT2D eigenvalue weighted by atomic mass is 35.5. The summed E-state index contributed by atoms with van der Waals surface area (Å²) in [5.41, 5.74) is 6.93. The van der Waals surface area contributed by atoms with Crippen LogP contribution in [0.4, 0.5) is 0 Å². The molecular formula is C14H24ClN3O. The van der Waals surface area contributed by atoms with E-state index in [0.717, 1.165) is 24.2 Å². The number of aryl methyl sites for hydroxylation is 2. The van der Waals surface area contributed by atoms with Crippen molar-refractivity contribution in [1.82, 2.24) is 9.78 Å². The summed E-state index contributed by atoms with van der Waals surface area (Å²) in [6.45, 7) is 8.52. The van der Waals surface area contributed by atoms with Crippen LogP contribution in [0.5, 0.6) is 0 Å². The van der Waals surface area contributed by atoms with E-state index in [1.165, 1.54) is 0 Å². The number of carbonyl (C=O) groups excluding carboxylic acids is 1. The average Bonchev–Trinajstić information content (AvgIpc) is 2.66. The van der Waals surface area contributed by atoms with Gasteiger partial charge in [0.1, 0.15) is 0 Å². The third-order valence-electron chi connectivity index (χ3n) is 3.43. The summed E-state index contributed by atoms with van der Waals surface area (Å²) >= 11 is 6.30. The predicted octanol–water partition coefficient (Wildman–Crippen LogP) is 2.75. The molecule has 0 amide bonds. The number of nitrogens with zero attached hydrogens (tertiary/aromatic N) is 2. The van der Waals surface area contributed by atoms with Crippen LogP contribution in [0.2, 0.25) is 5.02 Å². The van der Waals surface area contributed by atoms with Crippen LogP contribution in [0.1, 0.15) is 51.9 Å². The maximum absolute atomic E-state index is 12.3. The summed E-state index contributed by atoms with van der Waals surface area (Å²) in [6, 6.07) is 0. The average molecular weight is 286 g/mol. The Labute approximate surface area is 120 Å². The first-order chi connectivity index (χ1) is 8.87. The molecule has 1 aromatic heterocycles. The van der Waals surface area contributed by atoms with Gasteiger partial charge in [-0.05, 0) is 26.7 Å². The van der Waals surface area contributed by atoms with Crippen LogP contribution in [0, 0.1) is 0 Å². The summed E-state index contributed by atoms with van der Waals surface area (Å²) in [5.74, 6) is 0.0218. The van der Waals surface area contributed by atoms with Gasteiger partial charge in [0.05, 0.1) is 28.4 Å². The fourth-order valence-electron chi connectivity index (χ4n) is 2.20. The molecule has 0 fully saturated rings. The van der Waals surface area contributed by atoms with Crippen LogP contribution in [-0.4, -0.2) is 21.1 Å². The molecule has 1 unspecified atom stereocenters. The number of hydrogen-bond donors (Lipinski definition) is 1. The normalized spacial score (nSPS) is 14.4. The monoisotopic (exact) mass is 285 g/mol. The first-order valence-corrected chi connectivity index (χ1v) is 7.31. The SMILES string of the molecule is CCCC(C)(N)C(=O)Cc1c(Cl)c(CC)nn1CC. The van der Waals surface area contributed by atoms with E-state index in [0.29, 0.717) is 18.0 Å². The Kier molecular flexibility index (Phi) is 5.56. The number of nitrogens with two attached hydrogens (primary N) is 1. The van der Waals surface area contributed by atoms with Gasteiger partial charge in [-0.1, -0.05) is 31.9 Å². The van der Waals surface area contributed by atoms with Crippen molar-refractivity contribution < 1.29 is 4.79 Å².